The average molecular weight is 392 g/mol. The van der Waals surface area contributed by atoms with E-state index in [1.807, 2.05) is 42.5 Å². The number of amides is 2. The zero-order valence-corrected chi connectivity index (χ0v) is 16.2. The Hall–Kier alpha value is -3.03. The van der Waals surface area contributed by atoms with Crippen LogP contribution in [-0.4, -0.2) is 48.7 Å². The summed E-state index contributed by atoms with van der Waals surface area (Å²) >= 11 is 0. The van der Waals surface area contributed by atoms with Gasteiger partial charge in [-0.2, -0.15) is 5.10 Å². The van der Waals surface area contributed by atoms with Crippen molar-refractivity contribution in [2.75, 3.05) is 36.6 Å². The molecule has 2 aromatic rings. The van der Waals surface area contributed by atoms with Gasteiger partial charge in [-0.25, -0.2) is 5.01 Å². The van der Waals surface area contributed by atoms with Crippen LogP contribution < -0.4 is 10.3 Å². The highest BCUT2D eigenvalue weighted by atomic mass is 16.5. The summed E-state index contributed by atoms with van der Waals surface area (Å²) in [5.74, 6) is -0.389. The van der Waals surface area contributed by atoms with E-state index in [1.165, 1.54) is 10.6 Å². The topological polar surface area (TPSA) is 74.2 Å². The molecular weight excluding hydrogens is 368 g/mol. The van der Waals surface area contributed by atoms with Crippen molar-refractivity contribution in [1.82, 2.24) is 4.90 Å². The third-order valence-electron chi connectivity index (χ3n) is 5.02. The molecule has 2 amide bonds. The molecule has 2 aromatic carbocycles. The number of hydrogen-bond acceptors (Lipinski definition) is 5. The summed E-state index contributed by atoms with van der Waals surface area (Å²) in [4.78, 5) is 27.2. The van der Waals surface area contributed by atoms with Crippen molar-refractivity contribution < 1.29 is 14.3 Å². The van der Waals surface area contributed by atoms with Crippen molar-refractivity contribution in [3.05, 3.63) is 60.2 Å². The number of rotatable bonds is 5. The number of anilines is 2. The summed E-state index contributed by atoms with van der Waals surface area (Å²) < 4.78 is 5.38. The Balaban J connectivity index is 1.40. The van der Waals surface area contributed by atoms with Gasteiger partial charge < -0.3 is 10.1 Å². The standard InChI is InChI=1S/C22H24N4O3/c27-21-11-10-20(24-26(21)19-4-2-1-3-5-19)22(28)23-18-8-6-17(7-9-18)16-25-12-14-29-15-13-25/h1-9H,10-16H2,(H,23,28). The van der Waals surface area contributed by atoms with Crippen molar-refractivity contribution in [1.29, 1.82) is 0 Å². The van der Waals surface area contributed by atoms with E-state index in [0.29, 0.717) is 23.5 Å². The Labute approximate surface area is 169 Å². The van der Waals surface area contributed by atoms with E-state index >= 15 is 0 Å². The second-order valence-electron chi connectivity index (χ2n) is 7.13. The SMILES string of the molecule is O=C(Nc1ccc(CN2CCOCC2)cc1)C1=NN(c2ccccc2)C(=O)CC1. The van der Waals surface area contributed by atoms with Crippen LogP contribution in [0.25, 0.3) is 0 Å². The molecule has 7 nitrogen and oxygen atoms in total. The van der Waals surface area contributed by atoms with Crippen LogP contribution >= 0.6 is 0 Å². The molecule has 4 rings (SSSR count). The number of ether oxygens (including phenoxy) is 1. The Kier molecular flexibility index (Phi) is 5.97. The van der Waals surface area contributed by atoms with Crippen LogP contribution in [0, 0.1) is 0 Å². The molecule has 29 heavy (non-hydrogen) atoms. The lowest BCUT2D eigenvalue weighted by Crippen LogP contribution is -2.36. The minimum absolute atomic E-state index is 0.111. The van der Waals surface area contributed by atoms with Crippen LogP contribution in [0.2, 0.25) is 0 Å². The van der Waals surface area contributed by atoms with E-state index in [-0.39, 0.29) is 18.2 Å². The van der Waals surface area contributed by atoms with Gasteiger partial charge >= 0.3 is 0 Å². The quantitative estimate of drug-likeness (QED) is 0.849. The van der Waals surface area contributed by atoms with Gasteiger partial charge in [0.25, 0.3) is 5.91 Å². The fraction of sp³-hybridized carbons (Fsp3) is 0.318. The van der Waals surface area contributed by atoms with Crippen LogP contribution in [-0.2, 0) is 20.9 Å². The molecular formula is C22H24N4O3. The number of carbonyl (C=O) groups excluding carboxylic acids is 2. The molecule has 0 bridgehead atoms. The van der Waals surface area contributed by atoms with Crippen molar-refractivity contribution >= 4 is 28.9 Å². The monoisotopic (exact) mass is 392 g/mol. The average Bonchev–Trinajstić information content (AvgIpc) is 2.77. The van der Waals surface area contributed by atoms with Gasteiger partial charge in [-0.1, -0.05) is 30.3 Å². The summed E-state index contributed by atoms with van der Waals surface area (Å²) in [6, 6.07) is 17.0. The summed E-state index contributed by atoms with van der Waals surface area (Å²) in [7, 11) is 0. The third kappa shape index (κ3) is 4.88. The number of para-hydroxylation sites is 1. The highest BCUT2D eigenvalue weighted by Crippen LogP contribution is 2.20. The number of benzene rings is 2. The maximum atomic E-state index is 12.7. The number of morpholine rings is 1. The van der Waals surface area contributed by atoms with Gasteiger partial charge in [-0.15, -0.1) is 0 Å². The Bertz CT molecular complexity index is 890. The molecule has 0 radical (unpaired) electrons. The Morgan fingerprint density at radius 1 is 1.00 bits per heavy atom. The molecule has 2 aliphatic heterocycles. The predicted molar refractivity (Wildman–Crippen MR) is 112 cm³/mol. The first kappa shape index (κ1) is 19.3. The molecule has 0 atom stereocenters. The second kappa shape index (κ2) is 8.98. The van der Waals surface area contributed by atoms with Gasteiger partial charge in [0.2, 0.25) is 5.91 Å². The van der Waals surface area contributed by atoms with E-state index in [9.17, 15) is 9.59 Å². The molecule has 1 N–H and O–H groups in total. The van der Waals surface area contributed by atoms with E-state index in [4.69, 9.17) is 4.74 Å². The zero-order valence-electron chi connectivity index (χ0n) is 16.2. The molecule has 1 saturated heterocycles. The molecule has 2 heterocycles. The van der Waals surface area contributed by atoms with Gasteiger partial charge in [0.05, 0.1) is 18.9 Å². The minimum atomic E-state index is -0.278. The van der Waals surface area contributed by atoms with Crippen molar-refractivity contribution in [2.24, 2.45) is 5.10 Å². The lowest BCUT2D eigenvalue weighted by atomic mass is 10.1. The highest BCUT2D eigenvalue weighted by molar-refractivity contribution is 6.44. The fourth-order valence-corrected chi connectivity index (χ4v) is 3.40. The van der Waals surface area contributed by atoms with Gasteiger partial charge in [-0.05, 0) is 29.8 Å². The number of hydrogen-bond donors (Lipinski definition) is 1. The molecule has 150 valence electrons. The normalized spacial score (nSPS) is 17.7. The first-order valence-electron chi connectivity index (χ1n) is 9.85. The Morgan fingerprint density at radius 2 is 1.72 bits per heavy atom. The first-order chi connectivity index (χ1) is 14.2. The molecule has 7 heteroatoms. The largest absolute Gasteiger partial charge is 0.379 e. The maximum absolute atomic E-state index is 12.7. The summed E-state index contributed by atoms with van der Waals surface area (Å²) in [6.45, 7) is 4.31. The molecule has 0 saturated carbocycles. The smallest absolute Gasteiger partial charge is 0.271 e. The van der Waals surface area contributed by atoms with Crippen molar-refractivity contribution in [3.8, 4) is 0 Å². The van der Waals surface area contributed by atoms with Crippen LogP contribution in [0.5, 0.6) is 0 Å². The summed E-state index contributed by atoms with van der Waals surface area (Å²) in [5, 5.41) is 8.49. The van der Waals surface area contributed by atoms with Gasteiger partial charge in [0.1, 0.15) is 5.71 Å². The maximum Gasteiger partial charge on any atom is 0.271 e. The third-order valence-corrected chi connectivity index (χ3v) is 5.02. The fourth-order valence-electron chi connectivity index (χ4n) is 3.40. The van der Waals surface area contributed by atoms with E-state index in [2.05, 4.69) is 15.3 Å². The molecule has 0 aromatic heterocycles. The van der Waals surface area contributed by atoms with E-state index in [1.54, 1.807) is 12.1 Å². The Morgan fingerprint density at radius 3 is 2.45 bits per heavy atom. The second-order valence-corrected chi connectivity index (χ2v) is 7.13. The predicted octanol–water partition coefficient (Wildman–Crippen LogP) is 2.64. The van der Waals surface area contributed by atoms with Crippen LogP contribution in [0.4, 0.5) is 11.4 Å². The highest BCUT2D eigenvalue weighted by Gasteiger charge is 2.25. The molecule has 0 unspecified atom stereocenters. The van der Waals surface area contributed by atoms with Crippen LogP contribution in [0.1, 0.15) is 18.4 Å². The molecule has 0 aliphatic carbocycles. The lowest BCUT2D eigenvalue weighted by molar-refractivity contribution is -0.118. The van der Waals surface area contributed by atoms with E-state index < -0.39 is 0 Å². The lowest BCUT2D eigenvalue weighted by Gasteiger charge is -2.26. The van der Waals surface area contributed by atoms with Gasteiger partial charge in [-0.3, -0.25) is 14.5 Å². The first-order valence-corrected chi connectivity index (χ1v) is 9.85. The molecule has 0 spiro atoms. The molecule has 1 fully saturated rings. The minimum Gasteiger partial charge on any atom is -0.379 e. The van der Waals surface area contributed by atoms with Gasteiger partial charge in [0, 0.05) is 38.2 Å². The number of carbonyl (C=O) groups is 2. The van der Waals surface area contributed by atoms with Crippen LogP contribution in [0.3, 0.4) is 0 Å². The molecule has 2 aliphatic rings. The zero-order chi connectivity index (χ0) is 20.1. The van der Waals surface area contributed by atoms with Gasteiger partial charge in [0.15, 0.2) is 0 Å². The summed E-state index contributed by atoms with van der Waals surface area (Å²) in [5.41, 5.74) is 2.92. The van der Waals surface area contributed by atoms with Crippen molar-refractivity contribution in [3.63, 3.8) is 0 Å². The van der Waals surface area contributed by atoms with Crippen molar-refractivity contribution in [2.45, 2.75) is 19.4 Å². The van der Waals surface area contributed by atoms with Crippen LogP contribution in [0.15, 0.2) is 59.7 Å². The number of nitrogens with one attached hydrogen (secondary N) is 1. The van der Waals surface area contributed by atoms with E-state index in [0.717, 1.165) is 32.8 Å². The number of hydrazone groups is 1. The number of nitrogens with zero attached hydrogens (tertiary/aromatic N) is 3. The summed E-state index contributed by atoms with van der Waals surface area (Å²) in [6.07, 6.45) is 0.600.